The van der Waals surface area contributed by atoms with Crippen molar-refractivity contribution in [3.63, 3.8) is 0 Å². The van der Waals surface area contributed by atoms with E-state index in [9.17, 15) is 13.2 Å². The third kappa shape index (κ3) is 6.01. The molecule has 0 saturated carbocycles. The Labute approximate surface area is 359 Å². The Morgan fingerprint density at radius 1 is 0.371 bits per heavy atom. The topological polar surface area (TPSA) is 3.24 Å². The van der Waals surface area contributed by atoms with Gasteiger partial charge < -0.3 is 4.90 Å². The number of anilines is 3. The van der Waals surface area contributed by atoms with E-state index in [2.05, 4.69) is 201 Å². The first kappa shape index (κ1) is 37.6. The predicted octanol–water partition coefficient (Wildman–Crippen LogP) is 16.9. The van der Waals surface area contributed by atoms with Crippen molar-refractivity contribution in [2.24, 2.45) is 0 Å². The smallest absolute Gasteiger partial charge is 0.310 e. The molecule has 0 saturated heterocycles. The molecule has 10 aromatic rings. The standard InChI is InChI=1S/C58H40F3N/c1-57(2)52-25-15-14-23-45(52)46-32-30-43(35-53(46)57)62(41-28-26-40(27-29-41)58(59,60)61)42-31-33-48-51(34-42)44-22-12-13-24-47(44)55-50(38-18-8-4-9-19-38)36-49(37-16-6-3-7-17-37)54(56(48)55)39-20-10-5-11-21-39/h3-36H,1-2H3. The average molecular weight is 808 g/mol. The first-order valence-corrected chi connectivity index (χ1v) is 21.0. The Hall–Kier alpha value is -7.43. The van der Waals surface area contributed by atoms with Gasteiger partial charge in [-0.05, 0) is 143 Å². The number of halogens is 3. The third-order valence-corrected chi connectivity index (χ3v) is 12.9. The molecule has 0 spiro atoms. The monoisotopic (exact) mass is 807 g/mol. The largest absolute Gasteiger partial charge is 0.416 e. The number of benzene rings is 10. The van der Waals surface area contributed by atoms with Gasteiger partial charge >= 0.3 is 6.18 Å². The van der Waals surface area contributed by atoms with Gasteiger partial charge in [0.05, 0.1) is 5.56 Å². The first-order valence-electron chi connectivity index (χ1n) is 21.0. The second-order valence-electron chi connectivity index (χ2n) is 16.8. The second-order valence-corrected chi connectivity index (χ2v) is 16.8. The van der Waals surface area contributed by atoms with E-state index in [4.69, 9.17) is 0 Å². The molecule has 62 heavy (non-hydrogen) atoms. The SMILES string of the molecule is CC1(C)c2ccccc2-c2ccc(N(c3ccc(C(F)(F)F)cc3)c3ccc4c(c3)c3ccccc3c3c(-c5ccccc5)cc(-c5ccccc5)c(-c5ccccc5)c43)cc21. The first-order chi connectivity index (χ1) is 30.2. The fourth-order valence-corrected chi connectivity index (χ4v) is 9.95. The van der Waals surface area contributed by atoms with Crippen LogP contribution < -0.4 is 4.90 Å². The van der Waals surface area contributed by atoms with E-state index in [0.717, 1.165) is 71.7 Å². The van der Waals surface area contributed by atoms with E-state index in [-0.39, 0.29) is 5.41 Å². The van der Waals surface area contributed by atoms with E-state index in [1.807, 2.05) is 0 Å². The van der Waals surface area contributed by atoms with E-state index in [0.29, 0.717) is 5.69 Å². The molecule has 1 aliphatic rings. The molecule has 0 radical (unpaired) electrons. The highest BCUT2D eigenvalue weighted by atomic mass is 19.4. The summed E-state index contributed by atoms with van der Waals surface area (Å²) in [6.07, 6.45) is -4.46. The number of hydrogen-bond donors (Lipinski definition) is 0. The molecule has 0 atom stereocenters. The third-order valence-electron chi connectivity index (χ3n) is 12.9. The Kier molecular flexibility index (Phi) is 8.69. The summed E-state index contributed by atoms with van der Waals surface area (Å²) in [5.74, 6) is 0. The summed E-state index contributed by atoms with van der Waals surface area (Å²) in [7, 11) is 0. The van der Waals surface area contributed by atoms with Crippen LogP contribution in [0.2, 0.25) is 0 Å². The number of hydrogen-bond acceptors (Lipinski definition) is 1. The molecule has 11 rings (SSSR count). The van der Waals surface area contributed by atoms with Crippen LogP contribution in [0.5, 0.6) is 0 Å². The molecule has 0 amide bonds. The molecule has 0 fully saturated rings. The zero-order chi connectivity index (χ0) is 42.2. The van der Waals surface area contributed by atoms with Gasteiger partial charge in [-0.15, -0.1) is 0 Å². The summed E-state index contributed by atoms with van der Waals surface area (Å²) in [6.45, 7) is 4.49. The molecule has 0 bridgehead atoms. The van der Waals surface area contributed by atoms with Gasteiger partial charge in [0.1, 0.15) is 0 Å². The molecule has 1 aliphatic carbocycles. The van der Waals surface area contributed by atoms with Gasteiger partial charge in [0.15, 0.2) is 0 Å². The van der Waals surface area contributed by atoms with Crippen molar-refractivity contribution in [2.45, 2.75) is 25.4 Å². The van der Waals surface area contributed by atoms with Crippen molar-refractivity contribution in [3.05, 3.63) is 223 Å². The zero-order valence-corrected chi connectivity index (χ0v) is 34.2. The molecule has 1 nitrogen and oxygen atoms in total. The van der Waals surface area contributed by atoms with Crippen LogP contribution in [0.15, 0.2) is 206 Å². The molecular formula is C58H40F3N. The summed E-state index contributed by atoms with van der Waals surface area (Å²) < 4.78 is 42.0. The molecule has 4 heteroatoms. The van der Waals surface area contributed by atoms with Crippen LogP contribution >= 0.6 is 0 Å². The van der Waals surface area contributed by atoms with E-state index in [1.54, 1.807) is 12.1 Å². The maximum atomic E-state index is 14.0. The molecular weight excluding hydrogens is 768 g/mol. The van der Waals surface area contributed by atoms with E-state index >= 15 is 0 Å². The number of fused-ring (bicyclic) bond motifs is 9. The molecule has 298 valence electrons. The second kappa shape index (κ2) is 14.4. The molecule has 0 unspecified atom stereocenters. The highest BCUT2D eigenvalue weighted by Gasteiger charge is 2.36. The number of alkyl halides is 3. The van der Waals surface area contributed by atoms with Crippen LogP contribution in [0, 0.1) is 0 Å². The normalized spacial score (nSPS) is 13.0. The van der Waals surface area contributed by atoms with E-state index in [1.165, 1.54) is 39.8 Å². The van der Waals surface area contributed by atoms with Crippen LogP contribution in [0.4, 0.5) is 30.2 Å². The van der Waals surface area contributed by atoms with Crippen LogP contribution in [0.1, 0.15) is 30.5 Å². The summed E-state index contributed by atoms with van der Waals surface area (Å²) in [4.78, 5) is 2.10. The maximum absolute atomic E-state index is 14.0. The van der Waals surface area contributed by atoms with Gasteiger partial charge in [-0.1, -0.05) is 166 Å². The van der Waals surface area contributed by atoms with Gasteiger partial charge in [0, 0.05) is 22.5 Å². The summed E-state index contributed by atoms with van der Waals surface area (Å²) in [6, 6.07) is 70.0. The molecule has 0 aromatic heterocycles. The summed E-state index contributed by atoms with van der Waals surface area (Å²) in [5, 5.41) is 6.69. The van der Waals surface area contributed by atoms with E-state index < -0.39 is 11.7 Å². The summed E-state index contributed by atoms with van der Waals surface area (Å²) in [5.41, 5.74) is 13.0. The lowest BCUT2D eigenvalue weighted by atomic mass is 9.81. The minimum Gasteiger partial charge on any atom is -0.310 e. The van der Waals surface area contributed by atoms with Crippen LogP contribution in [0.25, 0.3) is 76.8 Å². The highest BCUT2D eigenvalue weighted by molar-refractivity contribution is 6.33. The Bertz CT molecular complexity index is 3330. The lowest BCUT2D eigenvalue weighted by Crippen LogP contribution is -2.16. The summed E-state index contributed by atoms with van der Waals surface area (Å²) >= 11 is 0. The predicted molar refractivity (Wildman–Crippen MR) is 253 cm³/mol. The Morgan fingerprint density at radius 2 is 0.887 bits per heavy atom. The van der Waals surface area contributed by atoms with Gasteiger partial charge in [-0.3, -0.25) is 0 Å². The van der Waals surface area contributed by atoms with Crippen LogP contribution in [0.3, 0.4) is 0 Å². The molecule has 0 aliphatic heterocycles. The fraction of sp³-hybridized carbons (Fsp3) is 0.0690. The van der Waals surface area contributed by atoms with Crippen molar-refractivity contribution in [1.82, 2.24) is 0 Å². The van der Waals surface area contributed by atoms with Gasteiger partial charge in [0.25, 0.3) is 0 Å². The quantitative estimate of drug-likeness (QED) is 0.151. The number of rotatable bonds is 6. The van der Waals surface area contributed by atoms with Crippen molar-refractivity contribution in [1.29, 1.82) is 0 Å². The maximum Gasteiger partial charge on any atom is 0.416 e. The van der Waals surface area contributed by atoms with Crippen LogP contribution in [-0.4, -0.2) is 0 Å². The van der Waals surface area contributed by atoms with Gasteiger partial charge in [-0.25, -0.2) is 0 Å². The lowest BCUT2D eigenvalue weighted by molar-refractivity contribution is -0.137. The molecule has 10 aromatic carbocycles. The molecule has 0 heterocycles. The minimum absolute atomic E-state index is 0.271. The van der Waals surface area contributed by atoms with Crippen molar-refractivity contribution in [2.75, 3.05) is 4.90 Å². The highest BCUT2D eigenvalue weighted by Crippen LogP contribution is 2.53. The van der Waals surface area contributed by atoms with Gasteiger partial charge in [-0.2, -0.15) is 13.2 Å². The Balaban J connectivity index is 1.23. The molecule has 0 N–H and O–H groups in total. The van der Waals surface area contributed by atoms with Crippen LogP contribution in [-0.2, 0) is 11.6 Å². The van der Waals surface area contributed by atoms with Crippen molar-refractivity contribution in [3.8, 4) is 44.5 Å². The van der Waals surface area contributed by atoms with Crippen molar-refractivity contribution < 1.29 is 13.2 Å². The zero-order valence-electron chi connectivity index (χ0n) is 34.2. The average Bonchev–Trinajstić information content (AvgIpc) is 3.54. The number of nitrogens with zero attached hydrogens (tertiary/aromatic N) is 1. The Morgan fingerprint density at radius 3 is 1.56 bits per heavy atom. The van der Waals surface area contributed by atoms with Gasteiger partial charge in [0.2, 0.25) is 0 Å². The fourth-order valence-electron chi connectivity index (χ4n) is 9.95. The lowest BCUT2D eigenvalue weighted by Gasteiger charge is -2.29. The minimum atomic E-state index is -4.46. The van der Waals surface area contributed by atoms with Crippen molar-refractivity contribution >= 4 is 49.4 Å².